The number of carboxylic acid groups (broad SMARTS) is 1. The van der Waals surface area contributed by atoms with Crippen LogP contribution < -0.4 is 11.1 Å². The topological polar surface area (TPSA) is 116 Å². The third-order valence-corrected chi connectivity index (χ3v) is 5.52. The van der Waals surface area contributed by atoms with Gasteiger partial charge in [-0.05, 0) is 29.5 Å². The number of nitrogens with one attached hydrogen (secondary N) is 1. The molecule has 2 atom stereocenters. The van der Waals surface area contributed by atoms with Gasteiger partial charge >= 0.3 is 12.0 Å². The highest BCUT2D eigenvalue weighted by Gasteiger charge is 2.54. The van der Waals surface area contributed by atoms with Crippen molar-refractivity contribution in [3.63, 3.8) is 0 Å². The minimum absolute atomic E-state index is 0.261. The third kappa shape index (κ3) is 5.08. The lowest BCUT2D eigenvalue weighted by Gasteiger charge is -2.44. The first-order valence-electron chi connectivity index (χ1n) is 10.4. The number of imide groups is 1. The number of aliphatic carboxylic acids is 1. The molecule has 8 heteroatoms. The van der Waals surface area contributed by atoms with Crippen LogP contribution in [0.5, 0.6) is 0 Å². The van der Waals surface area contributed by atoms with Crippen LogP contribution in [0, 0.1) is 5.92 Å². The van der Waals surface area contributed by atoms with Crippen molar-refractivity contribution >= 4 is 17.9 Å². The van der Waals surface area contributed by atoms with E-state index in [9.17, 15) is 19.5 Å². The number of nitrogens with zero attached hydrogens (tertiary/aromatic N) is 2. The Morgan fingerprint density at radius 1 is 1.12 bits per heavy atom. The van der Waals surface area contributed by atoms with Gasteiger partial charge in [0.1, 0.15) is 0 Å². The van der Waals surface area contributed by atoms with Gasteiger partial charge in [-0.25, -0.2) is 14.5 Å². The van der Waals surface area contributed by atoms with Crippen LogP contribution in [0.3, 0.4) is 0 Å². The molecule has 0 aromatic heterocycles. The second-order valence-corrected chi connectivity index (χ2v) is 7.89. The van der Waals surface area contributed by atoms with Crippen molar-refractivity contribution in [3.8, 4) is 11.1 Å². The summed E-state index contributed by atoms with van der Waals surface area (Å²) in [6, 6.07) is 15.9. The molecule has 3 amide bonds. The number of amides is 3. The van der Waals surface area contributed by atoms with Crippen molar-refractivity contribution in [2.24, 2.45) is 11.7 Å². The lowest BCUT2D eigenvalue weighted by molar-refractivity contribution is -0.166. The third-order valence-electron chi connectivity index (χ3n) is 5.52. The van der Waals surface area contributed by atoms with E-state index in [2.05, 4.69) is 11.9 Å². The zero-order valence-corrected chi connectivity index (χ0v) is 18.0. The minimum Gasteiger partial charge on any atom is -0.480 e. The summed E-state index contributed by atoms with van der Waals surface area (Å²) < 4.78 is 0. The molecule has 1 heterocycles. The van der Waals surface area contributed by atoms with Gasteiger partial charge < -0.3 is 21.1 Å². The summed E-state index contributed by atoms with van der Waals surface area (Å²) in [4.78, 5) is 39.3. The number of hydrogen-bond acceptors (Lipinski definition) is 5. The maximum atomic E-state index is 12.8. The van der Waals surface area contributed by atoms with E-state index in [1.54, 1.807) is 7.05 Å². The summed E-state index contributed by atoms with van der Waals surface area (Å²) >= 11 is 0. The van der Waals surface area contributed by atoms with Crippen LogP contribution in [0.4, 0.5) is 4.79 Å². The van der Waals surface area contributed by atoms with Gasteiger partial charge in [0, 0.05) is 20.1 Å². The van der Waals surface area contributed by atoms with Gasteiger partial charge in [0.25, 0.3) is 0 Å². The first kappa shape index (κ1) is 22.9. The summed E-state index contributed by atoms with van der Waals surface area (Å²) in [6.45, 7) is 4.27. The molecule has 0 saturated carbocycles. The molecule has 8 nitrogen and oxygen atoms in total. The van der Waals surface area contributed by atoms with Crippen molar-refractivity contribution in [2.45, 2.75) is 25.4 Å². The van der Waals surface area contributed by atoms with E-state index in [1.165, 1.54) is 4.90 Å². The molecule has 0 bridgehead atoms. The molecule has 2 aromatic carbocycles. The van der Waals surface area contributed by atoms with E-state index in [0.717, 1.165) is 21.6 Å². The standard InChI is InChI=1S/C24H28N4O4/c1-16(25)26-14-6-9-20-21(23(30)31)28(22(20)29)24(32)27(2)15-17-10-12-19(13-11-17)18-7-4-3-5-8-18/h3-5,7-8,10-13,20-21,26H,1,6,9,14-15,25H2,2H3,(H,30,31). The molecule has 3 rings (SSSR count). The van der Waals surface area contributed by atoms with Crippen LogP contribution in [0.15, 0.2) is 67.0 Å². The Labute approximate surface area is 187 Å². The highest BCUT2D eigenvalue weighted by molar-refractivity contribution is 6.07. The normalized spacial score (nSPS) is 17.4. The van der Waals surface area contributed by atoms with Gasteiger partial charge in [-0.1, -0.05) is 61.2 Å². The second kappa shape index (κ2) is 10.00. The molecule has 1 saturated heterocycles. The number of likely N-dealkylation sites (tertiary alicyclic amines) is 1. The predicted molar refractivity (Wildman–Crippen MR) is 121 cm³/mol. The monoisotopic (exact) mass is 436 g/mol. The fourth-order valence-corrected chi connectivity index (χ4v) is 3.86. The molecule has 0 aliphatic carbocycles. The van der Waals surface area contributed by atoms with Crippen molar-refractivity contribution in [2.75, 3.05) is 13.6 Å². The Balaban J connectivity index is 1.60. The maximum absolute atomic E-state index is 12.8. The molecule has 0 spiro atoms. The Morgan fingerprint density at radius 3 is 2.34 bits per heavy atom. The van der Waals surface area contributed by atoms with Gasteiger partial charge in [-0.2, -0.15) is 0 Å². The zero-order chi connectivity index (χ0) is 23.3. The number of nitrogens with two attached hydrogens (primary N) is 1. The molecule has 2 aromatic rings. The van der Waals surface area contributed by atoms with E-state index in [-0.39, 0.29) is 6.54 Å². The van der Waals surface area contributed by atoms with E-state index in [4.69, 9.17) is 5.73 Å². The van der Waals surface area contributed by atoms with Crippen molar-refractivity contribution in [1.82, 2.24) is 15.1 Å². The summed E-state index contributed by atoms with van der Waals surface area (Å²) in [7, 11) is 1.56. The molecule has 2 unspecified atom stereocenters. The van der Waals surface area contributed by atoms with Gasteiger partial charge in [-0.3, -0.25) is 4.79 Å². The summed E-state index contributed by atoms with van der Waals surface area (Å²) in [5.74, 6) is -2.04. The predicted octanol–water partition coefficient (Wildman–Crippen LogP) is 2.62. The maximum Gasteiger partial charge on any atom is 0.327 e. The Kier molecular flexibility index (Phi) is 7.14. The number of urea groups is 1. The van der Waals surface area contributed by atoms with Crippen molar-refractivity contribution in [3.05, 3.63) is 72.6 Å². The lowest BCUT2D eigenvalue weighted by Crippen LogP contribution is -2.68. The average molecular weight is 437 g/mol. The number of carbonyl (C=O) groups excluding carboxylic acids is 2. The van der Waals surface area contributed by atoms with Crippen LogP contribution >= 0.6 is 0 Å². The smallest absolute Gasteiger partial charge is 0.327 e. The second-order valence-electron chi connectivity index (χ2n) is 7.89. The molecule has 32 heavy (non-hydrogen) atoms. The van der Waals surface area contributed by atoms with Crippen LogP contribution in [-0.2, 0) is 16.1 Å². The van der Waals surface area contributed by atoms with E-state index in [0.29, 0.717) is 25.2 Å². The fraction of sp³-hybridized carbons (Fsp3) is 0.292. The number of carbonyl (C=O) groups is 3. The molecule has 0 radical (unpaired) electrons. The lowest BCUT2D eigenvalue weighted by atomic mass is 9.84. The van der Waals surface area contributed by atoms with Gasteiger partial charge in [-0.15, -0.1) is 0 Å². The largest absolute Gasteiger partial charge is 0.480 e. The molecule has 1 aliphatic heterocycles. The molecule has 1 aliphatic rings. The zero-order valence-electron chi connectivity index (χ0n) is 18.0. The van der Waals surface area contributed by atoms with E-state index >= 15 is 0 Å². The fourth-order valence-electron chi connectivity index (χ4n) is 3.86. The molecule has 168 valence electrons. The number of rotatable bonds is 9. The number of hydrogen-bond donors (Lipinski definition) is 3. The number of β-lactam (4-membered cyclic amide) rings is 1. The average Bonchev–Trinajstić information content (AvgIpc) is 2.77. The SMILES string of the molecule is C=C(N)NCCCC1C(=O)N(C(=O)N(C)Cc2ccc(-c3ccccc3)cc2)C1C(=O)O. The van der Waals surface area contributed by atoms with Gasteiger partial charge in [0.2, 0.25) is 5.91 Å². The summed E-state index contributed by atoms with van der Waals surface area (Å²) in [6.07, 6.45) is 0.895. The van der Waals surface area contributed by atoms with Crippen LogP contribution in [0.25, 0.3) is 11.1 Å². The van der Waals surface area contributed by atoms with Crippen molar-refractivity contribution < 1.29 is 19.5 Å². The Hall–Kier alpha value is -3.81. The van der Waals surface area contributed by atoms with Crippen LogP contribution in [0.1, 0.15) is 18.4 Å². The molecular formula is C24H28N4O4. The summed E-state index contributed by atoms with van der Waals surface area (Å²) in [5.41, 5.74) is 8.46. The first-order chi connectivity index (χ1) is 15.3. The quantitative estimate of drug-likeness (QED) is 0.411. The minimum atomic E-state index is -1.18. The van der Waals surface area contributed by atoms with E-state index in [1.807, 2.05) is 54.6 Å². The number of carboxylic acids is 1. The first-order valence-corrected chi connectivity index (χ1v) is 10.4. The highest BCUT2D eigenvalue weighted by Crippen LogP contribution is 2.32. The molecule has 4 N–H and O–H groups in total. The van der Waals surface area contributed by atoms with Crippen molar-refractivity contribution in [1.29, 1.82) is 0 Å². The van der Waals surface area contributed by atoms with Crippen LogP contribution in [-0.4, -0.2) is 52.4 Å². The molecule has 1 fully saturated rings. The number of benzene rings is 2. The van der Waals surface area contributed by atoms with Gasteiger partial charge in [0.05, 0.1) is 11.7 Å². The Bertz CT molecular complexity index is 991. The summed E-state index contributed by atoms with van der Waals surface area (Å²) in [5, 5.41) is 12.4. The van der Waals surface area contributed by atoms with Gasteiger partial charge in [0.15, 0.2) is 6.04 Å². The Morgan fingerprint density at radius 2 is 1.75 bits per heavy atom. The molecular weight excluding hydrogens is 408 g/mol. The van der Waals surface area contributed by atoms with E-state index < -0.39 is 29.9 Å². The van der Waals surface area contributed by atoms with Crippen LogP contribution in [0.2, 0.25) is 0 Å². The highest BCUT2D eigenvalue weighted by atomic mass is 16.4.